The first kappa shape index (κ1) is 28.2. The lowest BCUT2D eigenvalue weighted by Gasteiger charge is -2.18. The summed E-state index contributed by atoms with van der Waals surface area (Å²) in [6.07, 6.45) is 5.11. The number of carbonyl (C=O) groups excluding carboxylic acids is 1. The SMILES string of the molecule is COc1cc(/C=N/N=C2\S/C(=C\c3ccc(C(C)(C)C)cc3)C(=O)N2Cc2ccco2)ccc1OCC(C)C. The second-order valence-electron chi connectivity index (χ2n) is 10.7. The van der Waals surface area contributed by atoms with Gasteiger partial charge in [0.05, 0.1) is 37.6 Å². The zero-order chi connectivity index (χ0) is 28.0. The number of nitrogens with zero attached hydrogens (tertiary/aromatic N) is 3. The maximum atomic E-state index is 13.4. The second kappa shape index (κ2) is 12.4. The van der Waals surface area contributed by atoms with E-state index in [4.69, 9.17) is 13.9 Å². The largest absolute Gasteiger partial charge is 0.493 e. The Kier molecular flexibility index (Phi) is 8.97. The molecule has 1 fully saturated rings. The molecule has 1 saturated heterocycles. The molecular formula is C31H35N3O4S. The number of amidine groups is 1. The molecule has 1 aromatic heterocycles. The summed E-state index contributed by atoms with van der Waals surface area (Å²) in [5, 5.41) is 9.18. The Bertz CT molecular complexity index is 1370. The Morgan fingerprint density at radius 1 is 1.05 bits per heavy atom. The summed E-state index contributed by atoms with van der Waals surface area (Å²) >= 11 is 1.30. The van der Waals surface area contributed by atoms with Gasteiger partial charge in [-0.15, -0.1) is 5.10 Å². The van der Waals surface area contributed by atoms with E-state index in [2.05, 4.69) is 57.0 Å². The number of thioether (sulfide) groups is 1. The van der Waals surface area contributed by atoms with Crippen LogP contribution in [-0.2, 0) is 16.8 Å². The van der Waals surface area contributed by atoms with Gasteiger partial charge in [-0.2, -0.15) is 5.10 Å². The van der Waals surface area contributed by atoms with Gasteiger partial charge in [0.1, 0.15) is 5.76 Å². The van der Waals surface area contributed by atoms with E-state index in [9.17, 15) is 4.79 Å². The molecule has 0 N–H and O–H groups in total. The number of hydrogen-bond acceptors (Lipinski definition) is 7. The van der Waals surface area contributed by atoms with Gasteiger partial charge in [0, 0.05) is 0 Å². The molecule has 0 unspecified atom stereocenters. The predicted molar refractivity (Wildman–Crippen MR) is 158 cm³/mol. The van der Waals surface area contributed by atoms with Crippen LogP contribution in [0, 0.1) is 5.92 Å². The Morgan fingerprint density at radius 3 is 2.44 bits per heavy atom. The normalized spacial score (nSPS) is 16.3. The lowest BCUT2D eigenvalue weighted by Crippen LogP contribution is -2.28. The first-order valence-corrected chi connectivity index (χ1v) is 13.7. The molecule has 1 amide bonds. The van der Waals surface area contributed by atoms with Crippen molar-refractivity contribution in [3.63, 3.8) is 0 Å². The smallest absolute Gasteiger partial charge is 0.267 e. The van der Waals surface area contributed by atoms with Crippen LogP contribution in [0.2, 0.25) is 0 Å². The average Bonchev–Trinajstić information content (AvgIpc) is 3.52. The van der Waals surface area contributed by atoms with Crippen LogP contribution in [0.1, 0.15) is 57.1 Å². The van der Waals surface area contributed by atoms with E-state index in [-0.39, 0.29) is 17.9 Å². The van der Waals surface area contributed by atoms with E-state index in [1.165, 1.54) is 17.3 Å². The number of rotatable bonds is 9. The molecule has 204 valence electrons. The third-order valence-electron chi connectivity index (χ3n) is 5.97. The summed E-state index contributed by atoms with van der Waals surface area (Å²) in [4.78, 5) is 15.5. The van der Waals surface area contributed by atoms with Crippen LogP contribution >= 0.6 is 11.8 Å². The Balaban J connectivity index is 1.57. The van der Waals surface area contributed by atoms with Crippen LogP contribution in [0.5, 0.6) is 11.5 Å². The number of ether oxygens (including phenoxy) is 2. The maximum absolute atomic E-state index is 13.4. The van der Waals surface area contributed by atoms with Crippen molar-refractivity contribution >= 4 is 35.1 Å². The van der Waals surface area contributed by atoms with Crippen LogP contribution < -0.4 is 9.47 Å². The molecule has 4 rings (SSSR count). The molecule has 8 heteroatoms. The molecule has 7 nitrogen and oxygen atoms in total. The highest BCUT2D eigenvalue weighted by molar-refractivity contribution is 8.18. The zero-order valence-corrected chi connectivity index (χ0v) is 24.1. The predicted octanol–water partition coefficient (Wildman–Crippen LogP) is 7.13. The molecule has 0 saturated carbocycles. The summed E-state index contributed by atoms with van der Waals surface area (Å²) < 4.78 is 16.8. The zero-order valence-electron chi connectivity index (χ0n) is 23.3. The summed E-state index contributed by atoms with van der Waals surface area (Å²) in [5.74, 6) is 2.24. The van der Waals surface area contributed by atoms with Crippen LogP contribution in [0.4, 0.5) is 0 Å². The molecule has 0 atom stereocenters. The molecule has 39 heavy (non-hydrogen) atoms. The van der Waals surface area contributed by atoms with Gasteiger partial charge < -0.3 is 13.9 Å². The number of methoxy groups -OCH3 is 1. The lowest BCUT2D eigenvalue weighted by atomic mass is 9.87. The molecule has 2 heterocycles. The van der Waals surface area contributed by atoms with Crippen LogP contribution in [0.15, 0.2) is 80.4 Å². The van der Waals surface area contributed by atoms with E-state index in [0.29, 0.717) is 39.9 Å². The molecule has 2 aromatic carbocycles. The van der Waals surface area contributed by atoms with Crippen molar-refractivity contribution in [2.45, 2.75) is 46.6 Å². The quantitative estimate of drug-likeness (QED) is 0.162. The number of benzene rings is 2. The second-order valence-corrected chi connectivity index (χ2v) is 11.7. The van der Waals surface area contributed by atoms with Crippen molar-refractivity contribution in [3.05, 3.63) is 88.2 Å². The fourth-order valence-electron chi connectivity index (χ4n) is 3.80. The van der Waals surface area contributed by atoms with E-state index in [0.717, 1.165) is 11.1 Å². The van der Waals surface area contributed by atoms with Gasteiger partial charge in [-0.25, -0.2) is 0 Å². The summed E-state index contributed by atoms with van der Waals surface area (Å²) in [6.45, 7) is 11.6. The van der Waals surface area contributed by atoms with Gasteiger partial charge in [0.25, 0.3) is 5.91 Å². The van der Waals surface area contributed by atoms with Gasteiger partial charge in [-0.3, -0.25) is 9.69 Å². The van der Waals surface area contributed by atoms with E-state index in [1.54, 1.807) is 30.6 Å². The molecule has 3 aromatic rings. The molecule has 0 bridgehead atoms. The number of hydrogen-bond donors (Lipinski definition) is 0. The fourth-order valence-corrected chi connectivity index (χ4v) is 4.73. The molecule has 1 aliphatic rings. The van der Waals surface area contributed by atoms with Crippen molar-refractivity contribution in [2.24, 2.45) is 16.1 Å². The van der Waals surface area contributed by atoms with Crippen molar-refractivity contribution in [1.82, 2.24) is 4.90 Å². The van der Waals surface area contributed by atoms with E-state index in [1.807, 2.05) is 42.5 Å². The monoisotopic (exact) mass is 545 g/mol. The molecule has 1 aliphatic heterocycles. The highest BCUT2D eigenvalue weighted by Gasteiger charge is 2.34. The highest BCUT2D eigenvalue weighted by Crippen LogP contribution is 2.34. The lowest BCUT2D eigenvalue weighted by molar-refractivity contribution is -0.122. The molecule has 0 radical (unpaired) electrons. The van der Waals surface area contributed by atoms with E-state index >= 15 is 0 Å². The standard InChI is InChI=1S/C31H35N3O4S/c1-21(2)20-38-26-14-11-23(16-27(26)36-6)18-32-33-30-34(19-25-8-7-15-37-25)29(35)28(39-30)17-22-9-12-24(13-10-22)31(3,4)5/h7-18,21H,19-20H2,1-6H3/b28-17-,32-18+,33-30-. The van der Waals surface area contributed by atoms with Crippen molar-refractivity contribution in [3.8, 4) is 11.5 Å². The van der Waals surface area contributed by atoms with E-state index < -0.39 is 0 Å². The third-order valence-corrected chi connectivity index (χ3v) is 6.96. The van der Waals surface area contributed by atoms with Gasteiger partial charge in [-0.1, -0.05) is 58.9 Å². The Labute approximate surface area is 234 Å². The summed E-state index contributed by atoms with van der Waals surface area (Å²) in [6, 6.07) is 17.5. The average molecular weight is 546 g/mol. The topological polar surface area (TPSA) is 76.6 Å². The maximum Gasteiger partial charge on any atom is 0.267 e. The van der Waals surface area contributed by atoms with Crippen molar-refractivity contribution < 1.29 is 18.7 Å². The number of amides is 1. The minimum atomic E-state index is -0.140. The first-order chi connectivity index (χ1) is 18.6. The summed E-state index contributed by atoms with van der Waals surface area (Å²) in [7, 11) is 1.61. The minimum Gasteiger partial charge on any atom is -0.493 e. The Morgan fingerprint density at radius 2 is 1.79 bits per heavy atom. The van der Waals surface area contributed by atoms with Crippen molar-refractivity contribution in [1.29, 1.82) is 0 Å². The minimum absolute atomic E-state index is 0.0622. The van der Waals surface area contributed by atoms with Crippen LogP contribution in [-0.4, -0.2) is 35.9 Å². The Hall–Kier alpha value is -3.78. The van der Waals surface area contributed by atoms with Gasteiger partial charge in [-0.05, 0) is 76.2 Å². The molecule has 0 aliphatic carbocycles. The molecular weight excluding hydrogens is 510 g/mol. The molecule has 0 spiro atoms. The highest BCUT2D eigenvalue weighted by atomic mass is 32.2. The fraction of sp³-hybridized carbons (Fsp3) is 0.323. The van der Waals surface area contributed by atoms with Crippen molar-refractivity contribution in [2.75, 3.05) is 13.7 Å². The van der Waals surface area contributed by atoms with Gasteiger partial charge in [0.15, 0.2) is 16.7 Å². The van der Waals surface area contributed by atoms with Crippen LogP contribution in [0.25, 0.3) is 6.08 Å². The van der Waals surface area contributed by atoms with Gasteiger partial charge in [0.2, 0.25) is 0 Å². The summed E-state index contributed by atoms with van der Waals surface area (Å²) in [5.41, 5.74) is 3.05. The van der Waals surface area contributed by atoms with Crippen LogP contribution in [0.3, 0.4) is 0 Å². The first-order valence-electron chi connectivity index (χ1n) is 12.9. The number of carbonyl (C=O) groups is 1. The number of furan rings is 1. The third kappa shape index (κ3) is 7.41. The van der Waals surface area contributed by atoms with Gasteiger partial charge >= 0.3 is 0 Å².